The molecule has 3 rings (SSSR count). The molecule has 0 atom stereocenters. The van der Waals surface area contributed by atoms with Crippen LogP contribution in [-0.4, -0.2) is 43.0 Å². The maximum Gasteiger partial charge on any atom is 0.0234 e. The summed E-state index contributed by atoms with van der Waals surface area (Å²) in [5, 5.41) is 0. The fraction of sp³-hybridized carbons (Fsp3) is 0.368. The molecule has 0 aliphatic carbocycles. The van der Waals surface area contributed by atoms with Crippen molar-refractivity contribution in [3.05, 3.63) is 59.7 Å². The van der Waals surface area contributed by atoms with Crippen molar-refractivity contribution in [2.24, 2.45) is 5.73 Å². The third-order valence-electron chi connectivity index (χ3n) is 4.45. The van der Waals surface area contributed by atoms with E-state index in [4.69, 9.17) is 5.73 Å². The maximum atomic E-state index is 5.73. The van der Waals surface area contributed by atoms with Crippen LogP contribution in [0, 0.1) is 0 Å². The van der Waals surface area contributed by atoms with Gasteiger partial charge in [0.05, 0.1) is 0 Å². The van der Waals surface area contributed by atoms with E-state index in [9.17, 15) is 0 Å². The molecule has 1 heterocycles. The summed E-state index contributed by atoms with van der Waals surface area (Å²) in [4.78, 5) is 4.92. The number of piperazine rings is 1. The summed E-state index contributed by atoms with van der Waals surface area (Å²) >= 11 is 0. The highest BCUT2D eigenvalue weighted by molar-refractivity contribution is 5.64. The number of likely N-dealkylation sites (N-methyl/N-ethyl adjacent to an activating group) is 1. The highest BCUT2D eigenvalue weighted by Crippen LogP contribution is 2.21. The zero-order valence-corrected chi connectivity index (χ0v) is 13.3. The minimum absolute atomic E-state index is 0.593. The van der Waals surface area contributed by atoms with Crippen molar-refractivity contribution >= 4 is 0 Å². The maximum absolute atomic E-state index is 5.73. The molecular weight excluding hydrogens is 270 g/mol. The van der Waals surface area contributed by atoms with Crippen LogP contribution < -0.4 is 5.73 Å². The van der Waals surface area contributed by atoms with E-state index in [1.165, 1.54) is 35.3 Å². The highest BCUT2D eigenvalue weighted by Gasteiger charge is 2.13. The SMILES string of the molecule is CN1CCN(Cc2ccc(-c3cccc(CN)c3)cc2)CC1. The van der Waals surface area contributed by atoms with E-state index in [0.717, 1.165) is 19.6 Å². The third kappa shape index (κ3) is 3.74. The van der Waals surface area contributed by atoms with E-state index in [-0.39, 0.29) is 0 Å². The number of hydrogen-bond donors (Lipinski definition) is 1. The van der Waals surface area contributed by atoms with Gasteiger partial charge in [0.2, 0.25) is 0 Å². The van der Waals surface area contributed by atoms with Crippen molar-refractivity contribution in [2.45, 2.75) is 13.1 Å². The summed E-state index contributed by atoms with van der Waals surface area (Å²) in [6.45, 7) is 6.31. The van der Waals surface area contributed by atoms with Crippen molar-refractivity contribution < 1.29 is 0 Å². The van der Waals surface area contributed by atoms with Crippen LogP contribution in [0.25, 0.3) is 11.1 Å². The van der Waals surface area contributed by atoms with Crippen LogP contribution in [-0.2, 0) is 13.1 Å². The van der Waals surface area contributed by atoms with Gasteiger partial charge in [-0.1, -0.05) is 42.5 Å². The van der Waals surface area contributed by atoms with Crippen molar-refractivity contribution in [1.82, 2.24) is 9.80 Å². The molecule has 1 fully saturated rings. The van der Waals surface area contributed by atoms with Gasteiger partial charge in [0, 0.05) is 39.3 Å². The first-order valence-electron chi connectivity index (χ1n) is 8.04. The third-order valence-corrected chi connectivity index (χ3v) is 4.45. The standard InChI is InChI=1S/C19H25N3/c1-21-9-11-22(12-10-21)15-16-5-7-18(8-6-16)19-4-2-3-17(13-19)14-20/h2-8,13H,9-12,14-15,20H2,1H3. The Morgan fingerprint density at radius 1 is 0.864 bits per heavy atom. The summed E-state index contributed by atoms with van der Waals surface area (Å²) in [5.41, 5.74) is 10.8. The number of nitrogens with two attached hydrogens (primary N) is 1. The Bertz CT molecular complexity index is 598. The molecule has 0 radical (unpaired) electrons. The molecule has 3 heteroatoms. The van der Waals surface area contributed by atoms with Gasteiger partial charge in [0.1, 0.15) is 0 Å². The topological polar surface area (TPSA) is 32.5 Å². The largest absolute Gasteiger partial charge is 0.326 e. The van der Waals surface area contributed by atoms with E-state index < -0.39 is 0 Å². The summed E-state index contributed by atoms with van der Waals surface area (Å²) in [6, 6.07) is 17.4. The Balaban J connectivity index is 1.67. The zero-order valence-electron chi connectivity index (χ0n) is 13.3. The Kier molecular flexibility index (Phi) is 4.88. The molecule has 2 aromatic carbocycles. The molecule has 0 aromatic heterocycles. The molecule has 116 valence electrons. The summed E-state index contributed by atoms with van der Waals surface area (Å²) < 4.78 is 0. The average Bonchev–Trinajstić information content (AvgIpc) is 2.58. The van der Waals surface area contributed by atoms with E-state index in [1.54, 1.807) is 0 Å². The van der Waals surface area contributed by atoms with Gasteiger partial charge in [-0.2, -0.15) is 0 Å². The lowest BCUT2D eigenvalue weighted by Gasteiger charge is -2.32. The van der Waals surface area contributed by atoms with Crippen molar-refractivity contribution in [3.63, 3.8) is 0 Å². The average molecular weight is 295 g/mol. The minimum atomic E-state index is 0.593. The molecular formula is C19H25N3. The molecule has 0 amide bonds. The Hall–Kier alpha value is -1.68. The Morgan fingerprint density at radius 2 is 1.59 bits per heavy atom. The fourth-order valence-electron chi connectivity index (χ4n) is 2.94. The quantitative estimate of drug-likeness (QED) is 0.941. The second kappa shape index (κ2) is 7.05. The first kappa shape index (κ1) is 15.2. The summed E-state index contributed by atoms with van der Waals surface area (Å²) in [5.74, 6) is 0. The second-order valence-electron chi connectivity index (χ2n) is 6.18. The van der Waals surface area contributed by atoms with E-state index in [2.05, 4.69) is 65.4 Å². The minimum Gasteiger partial charge on any atom is -0.326 e. The predicted molar refractivity (Wildman–Crippen MR) is 92.5 cm³/mol. The van der Waals surface area contributed by atoms with Crippen LogP contribution >= 0.6 is 0 Å². The molecule has 1 saturated heterocycles. The molecule has 2 N–H and O–H groups in total. The fourth-order valence-corrected chi connectivity index (χ4v) is 2.94. The van der Waals surface area contributed by atoms with Crippen LogP contribution in [0.2, 0.25) is 0 Å². The lowest BCUT2D eigenvalue weighted by molar-refractivity contribution is 0.148. The Labute approximate surface area is 133 Å². The molecule has 2 aromatic rings. The first-order chi connectivity index (χ1) is 10.7. The molecule has 0 unspecified atom stereocenters. The molecule has 1 aliphatic rings. The Morgan fingerprint density at radius 3 is 2.27 bits per heavy atom. The van der Waals surface area contributed by atoms with Crippen molar-refractivity contribution in [1.29, 1.82) is 0 Å². The normalized spacial score (nSPS) is 16.8. The molecule has 0 bridgehead atoms. The number of hydrogen-bond acceptors (Lipinski definition) is 3. The first-order valence-corrected chi connectivity index (χ1v) is 8.04. The van der Waals surface area contributed by atoms with Crippen LogP contribution in [0.1, 0.15) is 11.1 Å². The van der Waals surface area contributed by atoms with Gasteiger partial charge >= 0.3 is 0 Å². The molecule has 3 nitrogen and oxygen atoms in total. The highest BCUT2D eigenvalue weighted by atomic mass is 15.2. The van der Waals surface area contributed by atoms with E-state index >= 15 is 0 Å². The van der Waals surface area contributed by atoms with Crippen LogP contribution in [0.5, 0.6) is 0 Å². The van der Waals surface area contributed by atoms with E-state index in [0.29, 0.717) is 6.54 Å². The predicted octanol–water partition coefficient (Wildman–Crippen LogP) is 2.56. The lowest BCUT2D eigenvalue weighted by atomic mass is 10.0. The van der Waals surface area contributed by atoms with Crippen molar-refractivity contribution in [2.75, 3.05) is 33.2 Å². The second-order valence-corrected chi connectivity index (χ2v) is 6.18. The summed E-state index contributed by atoms with van der Waals surface area (Å²) in [7, 11) is 2.20. The lowest BCUT2D eigenvalue weighted by Crippen LogP contribution is -2.43. The smallest absolute Gasteiger partial charge is 0.0234 e. The molecule has 0 spiro atoms. The van der Waals surface area contributed by atoms with Gasteiger partial charge in [-0.15, -0.1) is 0 Å². The van der Waals surface area contributed by atoms with Gasteiger partial charge in [-0.05, 0) is 35.4 Å². The number of benzene rings is 2. The van der Waals surface area contributed by atoms with Gasteiger partial charge in [-0.3, -0.25) is 4.90 Å². The molecule has 0 saturated carbocycles. The van der Waals surface area contributed by atoms with Gasteiger partial charge in [0.25, 0.3) is 0 Å². The van der Waals surface area contributed by atoms with Gasteiger partial charge in [0.15, 0.2) is 0 Å². The van der Waals surface area contributed by atoms with Crippen LogP contribution in [0.3, 0.4) is 0 Å². The molecule has 22 heavy (non-hydrogen) atoms. The molecule has 1 aliphatic heterocycles. The van der Waals surface area contributed by atoms with Gasteiger partial charge in [-0.25, -0.2) is 0 Å². The zero-order chi connectivity index (χ0) is 15.4. The summed E-state index contributed by atoms with van der Waals surface area (Å²) in [6.07, 6.45) is 0. The number of nitrogens with zero attached hydrogens (tertiary/aromatic N) is 2. The van der Waals surface area contributed by atoms with Crippen LogP contribution in [0.4, 0.5) is 0 Å². The van der Waals surface area contributed by atoms with Gasteiger partial charge < -0.3 is 10.6 Å². The van der Waals surface area contributed by atoms with E-state index in [1.807, 2.05) is 0 Å². The monoisotopic (exact) mass is 295 g/mol. The number of rotatable bonds is 4. The van der Waals surface area contributed by atoms with Crippen LogP contribution in [0.15, 0.2) is 48.5 Å². The van der Waals surface area contributed by atoms with Crippen molar-refractivity contribution in [3.8, 4) is 11.1 Å².